The number of phenolic OH excluding ortho intramolecular Hbond substituents is 1. The number of hydrogen-bond acceptors (Lipinski definition) is 5. The van der Waals surface area contributed by atoms with Crippen LogP contribution in [0.4, 0.5) is 17.1 Å². The summed E-state index contributed by atoms with van der Waals surface area (Å²) in [4.78, 5) is 11.0. The minimum atomic E-state index is -0.505. The number of nitrogens with zero attached hydrogens (tertiary/aromatic N) is 3. The van der Waals surface area contributed by atoms with E-state index in [1.165, 1.54) is 12.1 Å². The van der Waals surface area contributed by atoms with Gasteiger partial charge in [-0.2, -0.15) is 0 Å². The molecule has 0 aliphatic rings. The van der Waals surface area contributed by atoms with Crippen molar-refractivity contribution in [2.75, 3.05) is 0 Å². The highest BCUT2D eigenvalue weighted by molar-refractivity contribution is 9.10. The van der Waals surface area contributed by atoms with Crippen molar-refractivity contribution in [1.29, 1.82) is 0 Å². The highest BCUT2D eigenvalue weighted by Gasteiger charge is 2.31. The van der Waals surface area contributed by atoms with Gasteiger partial charge in [-0.05, 0) is 41.2 Å². The Hall–Kier alpha value is -3.06. The summed E-state index contributed by atoms with van der Waals surface area (Å²) >= 11 is 3.27. The fourth-order valence-corrected chi connectivity index (χ4v) is 4.72. The molecule has 0 aliphatic heterocycles. The van der Waals surface area contributed by atoms with E-state index >= 15 is 0 Å². The molecule has 0 atom stereocenters. The molecule has 3 aromatic rings. The molecule has 1 N–H and O–H groups in total. The second-order valence-corrected chi connectivity index (χ2v) is 11.2. The second kappa shape index (κ2) is 11.3. The van der Waals surface area contributed by atoms with Crippen LogP contribution in [0.15, 0.2) is 75.4 Å². The van der Waals surface area contributed by atoms with Crippen molar-refractivity contribution in [3.8, 4) is 5.75 Å². The minimum Gasteiger partial charge on any atom is -0.505 e. The molecular weight excluding hydrogens is 518 g/mol. The molecule has 0 saturated heterocycles. The number of unbranched alkanes of at least 4 members (excludes halogenated alkanes) is 2. The molecule has 7 heteroatoms. The Morgan fingerprint density at radius 3 is 2.22 bits per heavy atom. The van der Waals surface area contributed by atoms with Gasteiger partial charge < -0.3 is 5.11 Å². The summed E-state index contributed by atoms with van der Waals surface area (Å²) in [6, 6.07) is 18.6. The largest absolute Gasteiger partial charge is 0.505 e. The van der Waals surface area contributed by atoms with Gasteiger partial charge >= 0.3 is 0 Å². The van der Waals surface area contributed by atoms with Gasteiger partial charge in [-0.1, -0.05) is 106 Å². The number of phenols is 1. The first-order valence-electron chi connectivity index (χ1n) is 12.3. The molecule has 0 bridgehead atoms. The van der Waals surface area contributed by atoms with Gasteiger partial charge in [0.2, 0.25) is 0 Å². The number of rotatable bonds is 10. The summed E-state index contributed by atoms with van der Waals surface area (Å²) in [5, 5.41) is 31.5. The first kappa shape index (κ1) is 27.5. The summed E-state index contributed by atoms with van der Waals surface area (Å²) in [6.07, 6.45) is 4.39. The predicted molar refractivity (Wildman–Crippen MR) is 149 cm³/mol. The van der Waals surface area contributed by atoms with Gasteiger partial charge in [0.1, 0.15) is 11.4 Å². The lowest BCUT2D eigenvalue weighted by atomic mass is 9.73. The van der Waals surface area contributed by atoms with Crippen LogP contribution in [0.25, 0.3) is 0 Å². The van der Waals surface area contributed by atoms with Gasteiger partial charge in [-0.25, -0.2) is 0 Å². The molecule has 0 unspecified atom stereocenters. The SMILES string of the molecule is CCCCCC(C)(C)c1cc(N=Nc2ccc(Br)cc2[N+](=O)[O-])c(O)c(C(C)(C)c2ccccc2)c1. The van der Waals surface area contributed by atoms with Crippen LogP contribution in [0.2, 0.25) is 0 Å². The first-order chi connectivity index (χ1) is 17.0. The molecule has 0 radical (unpaired) electrons. The molecule has 36 heavy (non-hydrogen) atoms. The standard InChI is InChI=1S/C29H34BrN3O3/c1-6-7-11-16-28(2,3)21-17-23(29(4,5)20-12-9-8-10-13-20)27(34)25(18-21)32-31-24-15-14-22(30)19-26(24)33(35)36/h8-10,12-15,17-19,34H,6-7,11,16H2,1-5H3. The van der Waals surface area contributed by atoms with E-state index < -0.39 is 10.3 Å². The van der Waals surface area contributed by atoms with Gasteiger partial charge in [-0.15, -0.1) is 10.2 Å². The molecule has 0 aliphatic carbocycles. The summed E-state index contributed by atoms with van der Waals surface area (Å²) in [7, 11) is 0. The zero-order chi connectivity index (χ0) is 26.5. The van der Waals surface area contributed by atoms with Gasteiger partial charge in [0.15, 0.2) is 5.69 Å². The maximum absolute atomic E-state index is 11.5. The summed E-state index contributed by atoms with van der Waals surface area (Å²) in [5.74, 6) is 0.0282. The molecule has 0 aromatic heterocycles. The number of benzene rings is 3. The van der Waals surface area contributed by atoms with E-state index in [0.29, 0.717) is 10.2 Å². The third-order valence-corrected chi connectivity index (χ3v) is 7.34. The topological polar surface area (TPSA) is 88.1 Å². The highest BCUT2D eigenvalue weighted by Crippen LogP contribution is 2.46. The van der Waals surface area contributed by atoms with Crippen molar-refractivity contribution in [1.82, 2.24) is 0 Å². The molecule has 3 rings (SSSR count). The number of hydrogen-bond donors (Lipinski definition) is 1. The molecule has 190 valence electrons. The van der Waals surface area contributed by atoms with Crippen molar-refractivity contribution in [3.63, 3.8) is 0 Å². The first-order valence-corrected chi connectivity index (χ1v) is 13.1. The Bertz CT molecular complexity index is 1250. The zero-order valence-corrected chi connectivity index (χ0v) is 23.2. The van der Waals surface area contributed by atoms with Gasteiger partial charge in [0.05, 0.1) is 4.92 Å². The minimum absolute atomic E-state index is 0.0282. The molecule has 0 heterocycles. The van der Waals surface area contributed by atoms with Gasteiger partial charge in [0.25, 0.3) is 5.69 Å². The van der Waals surface area contributed by atoms with Crippen molar-refractivity contribution < 1.29 is 10.0 Å². The molecule has 0 saturated carbocycles. The normalized spacial score (nSPS) is 12.3. The Labute approximate surface area is 221 Å². The van der Waals surface area contributed by atoms with Gasteiger partial charge in [-0.3, -0.25) is 10.1 Å². The molecule has 3 aromatic carbocycles. The number of nitro benzene ring substituents is 1. The molecule has 6 nitrogen and oxygen atoms in total. The van der Waals surface area contributed by atoms with Crippen LogP contribution in [0.1, 0.15) is 77.0 Å². The Morgan fingerprint density at radius 1 is 0.917 bits per heavy atom. The lowest BCUT2D eigenvalue weighted by Gasteiger charge is -2.31. The lowest BCUT2D eigenvalue weighted by molar-refractivity contribution is -0.384. The third kappa shape index (κ3) is 6.19. The van der Waals surface area contributed by atoms with E-state index in [4.69, 9.17) is 0 Å². The van der Waals surface area contributed by atoms with E-state index in [1.807, 2.05) is 36.4 Å². The monoisotopic (exact) mass is 551 g/mol. The van der Waals surface area contributed by atoms with Crippen LogP contribution >= 0.6 is 15.9 Å². The van der Waals surface area contributed by atoms with Crippen molar-refractivity contribution in [2.24, 2.45) is 10.2 Å². The Kier molecular flexibility index (Phi) is 8.67. The van der Waals surface area contributed by atoms with Crippen LogP contribution in [0, 0.1) is 10.1 Å². The molecule has 0 spiro atoms. The van der Waals surface area contributed by atoms with E-state index in [1.54, 1.807) is 6.07 Å². The summed E-state index contributed by atoms with van der Waals surface area (Å²) < 4.78 is 0.582. The maximum atomic E-state index is 11.5. The van der Waals surface area contributed by atoms with E-state index in [0.717, 1.165) is 42.4 Å². The number of aromatic hydroxyl groups is 1. The third-order valence-electron chi connectivity index (χ3n) is 6.85. The average molecular weight is 553 g/mol. The van der Waals surface area contributed by atoms with Crippen LogP contribution in [0.5, 0.6) is 5.75 Å². The van der Waals surface area contributed by atoms with E-state index in [2.05, 4.69) is 66.8 Å². The quantitative estimate of drug-likeness (QED) is 0.118. The number of halogens is 1. The fourth-order valence-electron chi connectivity index (χ4n) is 4.37. The van der Waals surface area contributed by atoms with Crippen molar-refractivity contribution in [3.05, 3.63) is 91.9 Å². The lowest BCUT2D eigenvalue weighted by Crippen LogP contribution is -2.22. The molecular formula is C29H34BrN3O3. The van der Waals surface area contributed by atoms with Crippen molar-refractivity contribution >= 4 is 33.0 Å². The smallest absolute Gasteiger partial charge is 0.297 e. The highest BCUT2D eigenvalue weighted by atomic mass is 79.9. The van der Waals surface area contributed by atoms with Crippen LogP contribution in [-0.4, -0.2) is 10.0 Å². The van der Waals surface area contributed by atoms with Crippen LogP contribution < -0.4 is 0 Å². The predicted octanol–water partition coefficient (Wildman–Crippen LogP) is 9.66. The number of nitro groups is 1. The zero-order valence-electron chi connectivity index (χ0n) is 21.6. The Balaban J connectivity index is 2.17. The van der Waals surface area contributed by atoms with Crippen molar-refractivity contribution in [2.45, 2.75) is 71.1 Å². The molecule has 0 fully saturated rings. The van der Waals surface area contributed by atoms with Crippen LogP contribution in [-0.2, 0) is 10.8 Å². The van der Waals surface area contributed by atoms with E-state index in [9.17, 15) is 15.2 Å². The van der Waals surface area contributed by atoms with E-state index in [-0.39, 0.29) is 22.5 Å². The summed E-state index contributed by atoms with van der Waals surface area (Å²) in [6.45, 7) is 10.7. The average Bonchev–Trinajstić information content (AvgIpc) is 2.84. The summed E-state index contributed by atoms with van der Waals surface area (Å²) in [5.41, 5.74) is 2.46. The second-order valence-electron chi connectivity index (χ2n) is 10.3. The fraction of sp³-hybridized carbons (Fsp3) is 0.379. The molecule has 0 amide bonds. The maximum Gasteiger partial charge on any atom is 0.297 e. The Morgan fingerprint density at radius 2 is 1.58 bits per heavy atom. The van der Waals surface area contributed by atoms with Gasteiger partial charge in [0, 0.05) is 21.5 Å². The van der Waals surface area contributed by atoms with Crippen LogP contribution in [0.3, 0.4) is 0 Å². The number of azo groups is 1.